The van der Waals surface area contributed by atoms with Gasteiger partial charge in [-0.05, 0) is 147 Å². The van der Waals surface area contributed by atoms with Crippen LogP contribution >= 0.6 is 23.2 Å². The average molecular weight is 868 g/mol. The van der Waals surface area contributed by atoms with Crippen LogP contribution in [0.3, 0.4) is 0 Å². The number of halogens is 3. The van der Waals surface area contributed by atoms with Crippen molar-refractivity contribution in [1.82, 2.24) is 0 Å². The highest BCUT2D eigenvalue weighted by molar-refractivity contribution is 6.35. The fourth-order valence-corrected chi connectivity index (χ4v) is 11.2. The Balaban J connectivity index is 0.966. The molecule has 9 heteroatoms. The number of fused-ring (bicyclic) bond motifs is 1. The number of aliphatic imine (C=N–C) groups is 1. The Hall–Kier alpha value is -3.83. The molecule has 1 heterocycles. The van der Waals surface area contributed by atoms with Gasteiger partial charge in [-0.1, -0.05) is 98.1 Å². The largest absolute Gasteiger partial charge is 0.492 e. The second kappa shape index (κ2) is 19.7. The third-order valence-corrected chi connectivity index (χ3v) is 15.0. The van der Waals surface area contributed by atoms with Crippen molar-refractivity contribution >= 4 is 29.4 Å². The highest BCUT2D eigenvalue weighted by atomic mass is 35.5. The van der Waals surface area contributed by atoms with Crippen LogP contribution in [0.1, 0.15) is 132 Å². The molecule has 1 spiro atoms. The van der Waals surface area contributed by atoms with E-state index in [1.54, 1.807) is 6.21 Å². The van der Waals surface area contributed by atoms with E-state index in [9.17, 15) is 14.8 Å². The van der Waals surface area contributed by atoms with Crippen molar-refractivity contribution in [1.29, 1.82) is 5.26 Å². The van der Waals surface area contributed by atoms with Crippen LogP contribution in [0.5, 0.6) is 17.2 Å². The Morgan fingerprint density at radius 3 is 2.61 bits per heavy atom. The number of benzene rings is 3. The van der Waals surface area contributed by atoms with E-state index >= 15 is 0 Å². The Morgan fingerprint density at radius 1 is 0.902 bits per heavy atom. The zero-order valence-electron chi connectivity index (χ0n) is 35.7. The summed E-state index contributed by atoms with van der Waals surface area (Å²) in [5.74, 6) is 3.16. The Kier molecular flexibility index (Phi) is 14.1. The molecule has 4 aliphatic carbocycles. The minimum Gasteiger partial charge on any atom is -0.492 e. The van der Waals surface area contributed by atoms with Crippen LogP contribution in [0, 0.1) is 28.6 Å². The van der Waals surface area contributed by atoms with E-state index in [4.69, 9.17) is 37.4 Å². The molecule has 1 aliphatic heterocycles. The third-order valence-electron chi connectivity index (χ3n) is 14.3. The number of alkyl halides is 1. The van der Waals surface area contributed by atoms with Gasteiger partial charge in [-0.25, -0.2) is 4.39 Å². The van der Waals surface area contributed by atoms with Crippen molar-refractivity contribution in [3.8, 4) is 34.4 Å². The van der Waals surface area contributed by atoms with Crippen molar-refractivity contribution in [2.24, 2.45) is 22.2 Å². The van der Waals surface area contributed by atoms with Gasteiger partial charge < -0.3 is 19.3 Å². The van der Waals surface area contributed by atoms with Gasteiger partial charge in [0, 0.05) is 17.8 Å². The molecule has 5 aliphatic rings. The highest BCUT2D eigenvalue weighted by Crippen LogP contribution is 2.62. The number of rotatable bonds is 13. The summed E-state index contributed by atoms with van der Waals surface area (Å²) in [7, 11) is 0. The summed E-state index contributed by atoms with van der Waals surface area (Å²) in [6.07, 6.45) is 22.0. The van der Waals surface area contributed by atoms with E-state index in [-0.39, 0.29) is 6.10 Å². The fourth-order valence-electron chi connectivity index (χ4n) is 10.7. The molecule has 4 unspecified atom stereocenters. The van der Waals surface area contributed by atoms with Crippen LogP contribution < -0.4 is 14.2 Å². The molecule has 0 bridgehead atoms. The first-order chi connectivity index (χ1) is 29.6. The molecule has 61 heavy (non-hydrogen) atoms. The van der Waals surface area contributed by atoms with Crippen molar-refractivity contribution in [3.63, 3.8) is 0 Å². The third kappa shape index (κ3) is 10.9. The standard InChI is InChI=1S/C52H61Cl2FN2O4/c1-51(58)21-3-2-9-35(10-6-22-51)28-38-29-45(53)49(30-48(38)60-34-36-20-25-57-33-37(27-36)32-56)61-46-18-17-42-41(13-4-14-43(42)46)44-15-5-16-47(50(44)54)59-26-8-11-39-31-52(39)23-7-12-40(55)19-24-52/h4-5,13-16,20,27,29-30,33,35,39-40,46,58H,2-3,6-12,17-19,21-26,28,31,34H2,1H3/t35?,39?,40?,46-,51?,52-/m0/s1. The summed E-state index contributed by atoms with van der Waals surface area (Å²) in [6.45, 7) is 3.37. The number of allylic oxidation sites excluding steroid dienone is 1. The molecule has 324 valence electrons. The monoisotopic (exact) mass is 866 g/mol. The van der Waals surface area contributed by atoms with Gasteiger partial charge in [0.25, 0.3) is 0 Å². The van der Waals surface area contributed by atoms with Crippen LogP contribution in [0.2, 0.25) is 10.0 Å². The molecular formula is C52H61Cl2FN2O4. The van der Waals surface area contributed by atoms with Crippen LogP contribution in [-0.4, -0.2) is 42.9 Å². The molecule has 0 radical (unpaired) electrons. The van der Waals surface area contributed by atoms with E-state index in [2.05, 4.69) is 35.3 Å². The second-order valence-corrected chi connectivity index (χ2v) is 19.6. The Labute approximate surface area is 372 Å². The molecule has 6 nitrogen and oxygen atoms in total. The van der Waals surface area contributed by atoms with Crippen LogP contribution in [0.15, 0.2) is 76.8 Å². The van der Waals surface area contributed by atoms with Gasteiger partial charge in [0.1, 0.15) is 42.2 Å². The van der Waals surface area contributed by atoms with Crippen LogP contribution in [-0.2, 0) is 12.8 Å². The predicted octanol–water partition coefficient (Wildman–Crippen LogP) is 13.7. The molecule has 3 aromatic rings. The van der Waals surface area contributed by atoms with E-state index in [0.29, 0.717) is 64.1 Å². The lowest BCUT2D eigenvalue weighted by Gasteiger charge is -2.23. The van der Waals surface area contributed by atoms with Gasteiger partial charge in [-0.2, -0.15) is 5.26 Å². The maximum Gasteiger partial charge on any atom is 0.142 e. The number of ether oxygens (including phenoxy) is 3. The van der Waals surface area contributed by atoms with Gasteiger partial charge in [0.15, 0.2) is 0 Å². The number of hydrogen-bond donors (Lipinski definition) is 1. The summed E-state index contributed by atoms with van der Waals surface area (Å²) in [6, 6.07) is 18.6. The molecule has 3 saturated carbocycles. The smallest absolute Gasteiger partial charge is 0.142 e. The molecule has 3 aromatic carbocycles. The number of nitrogens with zero attached hydrogens (tertiary/aromatic N) is 2. The summed E-state index contributed by atoms with van der Waals surface area (Å²) in [4.78, 5) is 4.31. The van der Waals surface area contributed by atoms with Crippen molar-refractivity contribution in [2.45, 2.75) is 140 Å². The molecule has 0 amide bonds. The first-order valence-corrected chi connectivity index (χ1v) is 23.7. The molecular weight excluding hydrogens is 806 g/mol. The minimum atomic E-state index is -0.611. The van der Waals surface area contributed by atoms with E-state index in [1.807, 2.05) is 43.3 Å². The van der Waals surface area contributed by atoms with Gasteiger partial charge in [-0.15, -0.1) is 0 Å². The molecule has 3 fully saturated rings. The van der Waals surface area contributed by atoms with Crippen LogP contribution in [0.25, 0.3) is 11.1 Å². The summed E-state index contributed by atoms with van der Waals surface area (Å²) >= 11 is 14.2. The number of aliphatic hydroxyl groups is 1. The lowest BCUT2D eigenvalue weighted by molar-refractivity contribution is 0.0383. The van der Waals surface area contributed by atoms with Gasteiger partial charge in [0.05, 0.1) is 34.4 Å². The van der Waals surface area contributed by atoms with Crippen molar-refractivity contribution < 1.29 is 23.7 Å². The summed E-state index contributed by atoms with van der Waals surface area (Å²) < 4.78 is 33.7. The van der Waals surface area contributed by atoms with E-state index in [0.717, 1.165) is 136 Å². The summed E-state index contributed by atoms with van der Waals surface area (Å²) in [5.41, 5.74) is 6.62. The van der Waals surface area contributed by atoms with E-state index < -0.39 is 11.8 Å². The number of nitriles is 1. The Morgan fingerprint density at radius 2 is 1.72 bits per heavy atom. The van der Waals surface area contributed by atoms with Crippen molar-refractivity contribution in [3.05, 3.63) is 98.6 Å². The fraction of sp³-hybridized carbons (Fsp3) is 0.538. The minimum absolute atomic E-state index is 0.204. The zero-order chi connectivity index (χ0) is 42.4. The first-order valence-electron chi connectivity index (χ1n) is 22.9. The maximum absolute atomic E-state index is 14.0. The first kappa shape index (κ1) is 43.8. The Bertz CT molecular complexity index is 2180. The molecule has 0 saturated heterocycles. The van der Waals surface area contributed by atoms with Gasteiger partial charge >= 0.3 is 0 Å². The lowest BCUT2D eigenvalue weighted by atomic mass is 9.89. The second-order valence-electron chi connectivity index (χ2n) is 18.8. The topological polar surface area (TPSA) is 84.1 Å². The van der Waals surface area contributed by atoms with Crippen LogP contribution in [0.4, 0.5) is 4.39 Å². The normalized spacial score (nSPS) is 27.6. The SMILES string of the molecule is CC1(O)CCCCC(Cc2cc(Cl)c(O[C@H]3CCc4c(-c5cccc(OCCCC6C[C@@]67CCCC(F)CC7)c5Cl)cccc43)cc2OCC2=CCN=CC(C#N)=C2)CCC1. The van der Waals surface area contributed by atoms with E-state index in [1.165, 1.54) is 18.4 Å². The molecule has 6 atom stereocenters. The van der Waals surface area contributed by atoms with Gasteiger partial charge in [0.2, 0.25) is 0 Å². The van der Waals surface area contributed by atoms with Crippen molar-refractivity contribution in [2.75, 3.05) is 19.8 Å². The highest BCUT2D eigenvalue weighted by Gasteiger charge is 2.52. The number of hydrogen-bond acceptors (Lipinski definition) is 6. The van der Waals surface area contributed by atoms with Gasteiger partial charge in [-0.3, -0.25) is 4.99 Å². The average Bonchev–Trinajstić information content (AvgIpc) is 3.89. The molecule has 0 aromatic heterocycles. The summed E-state index contributed by atoms with van der Waals surface area (Å²) in [5, 5.41) is 21.6. The zero-order valence-corrected chi connectivity index (χ0v) is 37.2. The lowest BCUT2D eigenvalue weighted by Crippen LogP contribution is -2.23. The predicted molar refractivity (Wildman–Crippen MR) is 244 cm³/mol. The quantitative estimate of drug-likeness (QED) is 0.173. The molecule has 1 N–H and O–H groups in total. The maximum atomic E-state index is 14.0. The molecule has 8 rings (SSSR count).